The molecule has 0 unspecified atom stereocenters. The molecule has 0 atom stereocenters. The highest BCUT2D eigenvalue weighted by molar-refractivity contribution is 5.79. The third-order valence-corrected chi connectivity index (χ3v) is 4.73. The van der Waals surface area contributed by atoms with E-state index in [1.807, 2.05) is 24.4 Å². The summed E-state index contributed by atoms with van der Waals surface area (Å²) < 4.78 is 0. The molecular weight excluding hydrogens is 316 g/mol. The van der Waals surface area contributed by atoms with Gasteiger partial charge in [0.25, 0.3) is 0 Å². The van der Waals surface area contributed by atoms with Crippen LogP contribution in [0.2, 0.25) is 0 Å². The van der Waals surface area contributed by atoms with Crippen molar-refractivity contribution in [1.82, 2.24) is 9.88 Å². The Kier molecular flexibility index (Phi) is 4.98. The van der Waals surface area contributed by atoms with Gasteiger partial charge in [-0.3, -0.25) is 4.98 Å². The molecule has 1 aromatic carbocycles. The van der Waals surface area contributed by atoms with Gasteiger partial charge < -0.3 is 4.90 Å². The largest absolute Gasteiger partial charge is 0.373 e. The van der Waals surface area contributed by atoms with E-state index in [9.17, 15) is 0 Å². The average molecular weight is 338 g/mol. The van der Waals surface area contributed by atoms with Gasteiger partial charge in [0.05, 0.1) is 5.52 Å². The Morgan fingerprint density at radius 3 is 2.92 bits per heavy atom. The van der Waals surface area contributed by atoms with E-state index in [2.05, 4.69) is 70.4 Å². The van der Waals surface area contributed by atoms with E-state index in [0.29, 0.717) is 0 Å². The number of fused-ring (bicyclic) bond motifs is 1. The zero-order chi connectivity index (χ0) is 17.6. The number of hydrogen-bond acceptors (Lipinski definition) is 2. The van der Waals surface area contributed by atoms with Crippen LogP contribution >= 0.6 is 0 Å². The third-order valence-electron chi connectivity index (χ3n) is 4.73. The van der Waals surface area contributed by atoms with Gasteiger partial charge in [-0.2, -0.15) is 0 Å². The summed E-state index contributed by atoms with van der Waals surface area (Å²) in [5, 5.41) is 1.14. The van der Waals surface area contributed by atoms with E-state index in [1.54, 1.807) is 0 Å². The van der Waals surface area contributed by atoms with Gasteiger partial charge in [-0.25, -0.2) is 0 Å². The first kappa shape index (κ1) is 16.4. The van der Waals surface area contributed by atoms with Crippen LogP contribution in [-0.2, 0) is 0 Å². The molecule has 2 nitrogen and oxygen atoms in total. The van der Waals surface area contributed by atoms with E-state index in [1.165, 1.54) is 11.1 Å². The van der Waals surface area contributed by atoms with Crippen molar-refractivity contribution in [2.75, 3.05) is 13.1 Å². The van der Waals surface area contributed by atoms with Gasteiger partial charge in [0, 0.05) is 36.7 Å². The molecule has 4 rings (SSSR count). The van der Waals surface area contributed by atoms with Crippen molar-refractivity contribution in [1.29, 1.82) is 0 Å². The highest BCUT2D eigenvalue weighted by Gasteiger charge is 2.08. The first-order valence-electron chi connectivity index (χ1n) is 9.19. The fraction of sp³-hybridized carbons (Fsp3) is 0.208. The highest BCUT2D eigenvalue weighted by atomic mass is 15.1. The van der Waals surface area contributed by atoms with Crippen LogP contribution in [0.15, 0.2) is 84.3 Å². The molecule has 0 radical (unpaired) electrons. The van der Waals surface area contributed by atoms with Gasteiger partial charge in [0.15, 0.2) is 0 Å². The van der Waals surface area contributed by atoms with Crippen molar-refractivity contribution < 1.29 is 0 Å². The monoisotopic (exact) mass is 338 g/mol. The van der Waals surface area contributed by atoms with Crippen molar-refractivity contribution in [3.63, 3.8) is 0 Å². The van der Waals surface area contributed by atoms with Crippen molar-refractivity contribution in [2.24, 2.45) is 0 Å². The molecule has 2 aromatic rings. The molecule has 0 fully saturated rings. The Balaban J connectivity index is 1.30. The minimum atomic E-state index is 0.853. The van der Waals surface area contributed by atoms with Gasteiger partial charge >= 0.3 is 0 Å². The zero-order valence-electron chi connectivity index (χ0n) is 14.9. The fourth-order valence-electron chi connectivity index (χ4n) is 3.27. The van der Waals surface area contributed by atoms with E-state index in [0.717, 1.165) is 48.8 Å². The van der Waals surface area contributed by atoms with Crippen LogP contribution in [0.4, 0.5) is 0 Å². The Morgan fingerprint density at radius 2 is 2.08 bits per heavy atom. The number of hydrogen-bond donors (Lipinski definition) is 0. The molecule has 1 aromatic heterocycles. The lowest BCUT2D eigenvalue weighted by molar-refractivity contribution is 0.420. The molecule has 0 saturated carbocycles. The lowest BCUT2D eigenvalue weighted by Crippen LogP contribution is -2.21. The summed E-state index contributed by atoms with van der Waals surface area (Å²) in [6.45, 7) is 1.92. The first-order chi connectivity index (χ1) is 12.9. The molecule has 1 aliphatic carbocycles. The summed E-state index contributed by atoms with van der Waals surface area (Å²) in [5.74, 6) is 6.52. The molecule has 0 bridgehead atoms. The first-order valence-corrected chi connectivity index (χ1v) is 9.19. The maximum atomic E-state index is 4.46. The molecule has 2 heterocycles. The summed E-state index contributed by atoms with van der Waals surface area (Å²) in [6, 6.07) is 10.3. The standard InChI is InChI=1S/C24H22N2/c1-2-9-21(10-3-1)22-13-16-26(17-14-22)15-7-6-8-20-18-23-11-4-5-12-24(23)25-19-20/h1-2,4-5,10-14,16,18-19H,3,7,9,15,17H2. The molecule has 2 heteroatoms. The Morgan fingerprint density at radius 1 is 1.12 bits per heavy atom. The van der Waals surface area contributed by atoms with E-state index >= 15 is 0 Å². The molecule has 0 amide bonds. The van der Waals surface area contributed by atoms with E-state index in [-0.39, 0.29) is 0 Å². The van der Waals surface area contributed by atoms with Crippen molar-refractivity contribution in [2.45, 2.75) is 19.3 Å². The van der Waals surface area contributed by atoms with Crippen molar-refractivity contribution in [3.8, 4) is 11.8 Å². The molecule has 0 spiro atoms. The molecular formula is C24H22N2. The topological polar surface area (TPSA) is 16.1 Å². The third kappa shape index (κ3) is 3.95. The number of aromatic nitrogens is 1. The Labute approximate surface area is 155 Å². The maximum absolute atomic E-state index is 4.46. The molecule has 0 N–H and O–H groups in total. The second kappa shape index (κ2) is 7.89. The average Bonchev–Trinajstić information content (AvgIpc) is 2.72. The van der Waals surface area contributed by atoms with Crippen LogP contribution in [0.25, 0.3) is 10.9 Å². The number of allylic oxidation sites excluding steroid dienone is 6. The molecule has 2 aliphatic rings. The quantitative estimate of drug-likeness (QED) is 0.578. The summed E-state index contributed by atoms with van der Waals surface area (Å²) in [6.07, 6.45) is 18.4. The maximum Gasteiger partial charge on any atom is 0.0702 e. The van der Waals surface area contributed by atoms with Gasteiger partial charge in [0.1, 0.15) is 0 Å². The minimum absolute atomic E-state index is 0.853. The predicted molar refractivity (Wildman–Crippen MR) is 108 cm³/mol. The van der Waals surface area contributed by atoms with Crippen molar-refractivity contribution in [3.05, 3.63) is 89.8 Å². The van der Waals surface area contributed by atoms with Gasteiger partial charge in [-0.1, -0.05) is 54.3 Å². The Hall–Kier alpha value is -3.05. The number of nitrogens with zero attached hydrogens (tertiary/aromatic N) is 2. The highest BCUT2D eigenvalue weighted by Crippen LogP contribution is 2.23. The predicted octanol–water partition coefficient (Wildman–Crippen LogP) is 5.01. The molecule has 26 heavy (non-hydrogen) atoms. The fourth-order valence-corrected chi connectivity index (χ4v) is 3.27. The summed E-state index contributed by atoms with van der Waals surface area (Å²) in [4.78, 5) is 6.78. The smallest absolute Gasteiger partial charge is 0.0702 e. The zero-order valence-corrected chi connectivity index (χ0v) is 14.9. The van der Waals surface area contributed by atoms with Crippen LogP contribution in [0.5, 0.6) is 0 Å². The van der Waals surface area contributed by atoms with E-state index in [4.69, 9.17) is 0 Å². The number of para-hydroxylation sites is 1. The lowest BCUT2D eigenvalue weighted by atomic mass is 9.96. The van der Waals surface area contributed by atoms with Crippen LogP contribution in [0, 0.1) is 11.8 Å². The molecule has 128 valence electrons. The number of pyridine rings is 1. The molecule has 1 aliphatic heterocycles. The summed E-state index contributed by atoms with van der Waals surface area (Å²) in [7, 11) is 0. The lowest BCUT2D eigenvalue weighted by Gasteiger charge is -2.23. The van der Waals surface area contributed by atoms with E-state index < -0.39 is 0 Å². The van der Waals surface area contributed by atoms with Gasteiger partial charge in [0.2, 0.25) is 0 Å². The van der Waals surface area contributed by atoms with Crippen LogP contribution < -0.4 is 0 Å². The SMILES string of the molecule is C(#Cc1cnc2ccccc2c1)CCN1C=CC(C2=CCC=CC2)=CC1. The normalized spacial score (nSPS) is 16.1. The van der Waals surface area contributed by atoms with Gasteiger partial charge in [-0.05, 0) is 48.4 Å². The second-order valence-corrected chi connectivity index (χ2v) is 6.58. The Bertz CT molecular complexity index is 980. The van der Waals surface area contributed by atoms with Gasteiger partial charge in [-0.15, -0.1) is 0 Å². The second-order valence-electron chi connectivity index (χ2n) is 6.58. The van der Waals surface area contributed by atoms with Crippen LogP contribution in [0.3, 0.4) is 0 Å². The van der Waals surface area contributed by atoms with Crippen LogP contribution in [-0.4, -0.2) is 23.0 Å². The minimum Gasteiger partial charge on any atom is -0.373 e. The number of benzene rings is 1. The molecule has 0 saturated heterocycles. The summed E-state index contributed by atoms with van der Waals surface area (Å²) in [5.41, 5.74) is 4.82. The van der Waals surface area contributed by atoms with Crippen molar-refractivity contribution >= 4 is 10.9 Å². The number of rotatable bonds is 3. The summed E-state index contributed by atoms with van der Waals surface area (Å²) >= 11 is 0. The van der Waals surface area contributed by atoms with Crippen LogP contribution in [0.1, 0.15) is 24.8 Å².